The van der Waals surface area contributed by atoms with Crippen LogP contribution in [0.5, 0.6) is 23.0 Å². The van der Waals surface area contributed by atoms with Gasteiger partial charge in [-0.1, -0.05) is 43.6 Å². The summed E-state index contributed by atoms with van der Waals surface area (Å²) < 4.78 is 36.7. The third-order valence-corrected chi connectivity index (χ3v) is 13.5. The number of benzene rings is 3. The molecule has 10 heteroatoms. The summed E-state index contributed by atoms with van der Waals surface area (Å²) in [6.45, 7) is 6.74. The van der Waals surface area contributed by atoms with E-state index in [-0.39, 0.29) is 17.5 Å². The molecule has 308 valence electrons. The molecular weight excluding hydrogens is 752 g/mol. The summed E-state index contributed by atoms with van der Waals surface area (Å²) in [5.74, 6) is 4.21. The second-order valence-corrected chi connectivity index (χ2v) is 17.5. The molecule has 1 saturated carbocycles. The first kappa shape index (κ1) is 40.3. The van der Waals surface area contributed by atoms with Gasteiger partial charge in [-0.3, -0.25) is 4.98 Å². The molecule has 1 aliphatic heterocycles. The van der Waals surface area contributed by atoms with Crippen LogP contribution in [-0.4, -0.2) is 56.6 Å². The van der Waals surface area contributed by atoms with Gasteiger partial charge >= 0.3 is 5.97 Å². The number of esters is 1. The summed E-state index contributed by atoms with van der Waals surface area (Å²) in [5.41, 5.74) is 5.94. The SMILES string of the molecule is COC(=O)C1(Nc2cccc(Cl)c2)CCC2(CC1)c1cc3c(cc1C[C@@H]2C[C@@H](C)COc1ccnc2c1[C@H](C)CCC2)OCC[C@@H](COCc1ccc(OC)cc1)O3. The number of anilines is 1. The molecule has 4 atom stereocenters. The van der Waals surface area contributed by atoms with Gasteiger partial charge in [-0.2, -0.15) is 0 Å². The summed E-state index contributed by atoms with van der Waals surface area (Å²) in [6, 6.07) is 22.0. The van der Waals surface area contributed by atoms with Gasteiger partial charge in [0.2, 0.25) is 0 Å². The van der Waals surface area contributed by atoms with Crippen LogP contribution in [-0.2, 0) is 39.1 Å². The van der Waals surface area contributed by atoms with E-state index in [2.05, 4.69) is 31.3 Å². The van der Waals surface area contributed by atoms with E-state index < -0.39 is 5.54 Å². The van der Waals surface area contributed by atoms with Crippen molar-refractivity contribution >= 4 is 23.3 Å². The van der Waals surface area contributed by atoms with Crippen molar-refractivity contribution in [2.45, 2.75) is 108 Å². The number of fused-ring (bicyclic) bond motifs is 4. The molecule has 0 radical (unpaired) electrons. The van der Waals surface area contributed by atoms with E-state index in [4.69, 9.17) is 45.0 Å². The predicted molar refractivity (Wildman–Crippen MR) is 226 cm³/mol. The lowest BCUT2D eigenvalue weighted by atomic mass is 9.59. The van der Waals surface area contributed by atoms with E-state index in [1.165, 1.54) is 42.3 Å². The average Bonchev–Trinajstić information content (AvgIpc) is 3.35. The number of pyridine rings is 1. The Hall–Kier alpha value is -4.47. The molecular formula is C48H57ClN2O7. The second kappa shape index (κ2) is 17.4. The summed E-state index contributed by atoms with van der Waals surface area (Å²) >= 11 is 6.39. The summed E-state index contributed by atoms with van der Waals surface area (Å²) in [7, 11) is 3.15. The van der Waals surface area contributed by atoms with Crippen LogP contribution in [0.4, 0.5) is 5.69 Å². The van der Waals surface area contributed by atoms with Crippen LogP contribution >= 0.6 is 11.6 Å². The second-order valence-electron chi connectivity index (χ2n) is 17.1. The Kier molecular flexibility index (Phi) is 12.1. The highest BCUT2D eigenvalue weighted by molar-refractivity contribution is 6.30. The van der Waals surface area contributed by atoms with Crippen molar-refractivity contribution in [3.05, 3.63) is 106 Å². The Morgan fingerprint density at radius 1 is 1.02 bits per heavy atom. The van der Waals surface area contributed by atoms with E-state index in [0.717, 1.165) is 72.8 Å². The molecule has 1 N–H and O–H groups in total. The molecule has 4 aliphatic rings. The molecule has 3 aromatic carbocycles. The molecule has 9 nitrogen and oxygen atoms in total. The number of nitrogens with zero attached hydrogens (tertiary/aromatic N) is 1. The number of carbonyl (C=O) groups excluding carboxylic acids is 1. The standard InChI is InChI=1S/C48H57ClN2O7/c1-31(28-57-42-15-21-50-41-10-5-7-32(2)45(41)42)23-35-24-34-25-43-44(58-39(16-22-56-43)30-55-29-33-11-13-38(53-3)14-12-33)27-40(34)47(35)17-19-48(20-18-47,46(52)54-4)51-37-9-6-8-36(49)26-37/h6,8-9,11-15,21,25-27,31-32,35,39,51H,5,7,10,16-20,22-24,28-30H2,1-4H3/t31-,32-,35+,39+,47?,48?/m1/s1. The van der Waals surface area contributed by atoms with Gasteiger partial charge in [0.1, 0.15) is 23.1 Å². The first-order valence-electron chi connectivity index (χ1n) is 21.1. The normalized spacial score (nSPS) is 25.2. The van der Waals surface area contributed by atoms with Crippen molar-refractivity contribution in [3.8, 4) is 23.0 Å². The van der Waals surface area contributed by atoms with Gasteiger partial charge in [-0.25, -0.2) is 4.79 Å². The monoisotopic (exact) mass is 808 g/mol. The number of hydrogen-bond acceptors (Lipinski definition) is 9. The van der Waals surface area contributed by atoms with Gasteiger partial charge in [0.15, 0.2) is 11.5 Å². The maximum absolute atomic E-state index is 13.7. The van der Waals surface area contributed by atoms with E-state index in [1.807, 2.05) is 60.8 Å². The molecule has 0 bridgehead atoms. The minimum atomic E-state index is -0.874. The number of halogens is 1. The van der Waals surface area contributed by atoms with Gasteiger partial charge in [0.05, 0.1) is 40.6 Å². The molecule has 0 unspecified atom stereocenters. The van der Waals surface area contributed by atoms with E-state index in [0.29, 0.717) is 62.0 Å². The third-order valence-electron chi connectivity index (χ3n) is 13.2. The number of nitrogens with one attached hydrogen (secondary N) is 1. The quantitative estimate of drug-likeness (QED) is 0.132. The third kappa shape index (κ3) is 8.35. The van der Waals surface area contributed by atoms with Crippen molar-refractivity contribution in [2.24, 2.45) is 11.8 Å². The number of aromatic nitrogens is 1. The van der Waals surface area contributed by atoms with Crippen LogP contribution in [0.2, 0.25) is 5.02 Å². The molecule has 3 aliphatic carbocycles. The highest BCUT2D eigenvalue weighted by atomic mass is 35.5. The van der Waals surface area contributed by atoms with Crippen LogP contribution in [0.1, 0.15) is 99.1 Å². The van der Waals surface area contributed by atoms with Gasteiger partial charge in [0.25, 0.3) is 0 Å². The molecule has 8 rings (SSSR count). The maximum Gasteiger partial charge on any atom is 0.331 e. The zero-order valence-electron chi connectivity index (χ0n) is 34.3. The lowest BCUT2D eigenvalue weighted by Gasteiger charge is -2.47. The smallest absolute Gasteiger partial charge is 0.331 e. The molecule has 2 heterocycles. The summed E-state index contributed by atoms with van der Waals surface area (Å²) in [6.07, 6.45) is 10.6. The van der Waals surface area contributed by atoms with Crippen molar-refractivity contribution in [2.75, 3.05) is 39.4 Å². The molecule has 1 aromatic heterocycles. The van der Waals surface area contributed by atoms with Crippen LogP contribution in [0.15, 0.2) is 72.9 Å². The Balaban J connectivity index is 1.04. The van der Waals surface area contributed by atoms with Crippen molar-refractivity contribution in [1.82, 2.24) is 4.98 Å². The Bertz CT molecular complexity index is 2060. The zero-order valence-corrected chi connectivity index (χ0v) is 35.1. The number of methoxy groups -OCH3 is 2. The summed E-state index contributed by atoms with van der Waals surface area (Å²) in [5, 5.41) is 4.21. The highest BCUT2D eigenvalue weighted by Gasteiger charge is 2.55. The number of hydrogen-bond donors (Lipinski definition) is 1. The minimum Gasteiger partial charge on any atom is -0.497 e. The van der Waals surface area contributed by atoms with Gasteiger partial charge in [-0.15, -0.1) is 0 Å². The minimum absolute atomic E-state index is 0.148. The fourth-order valence-electron chi connectivity index (χ4n) is 10.2. The van der Waals surface area contributed by atoms with Crippen molar-refractivity contribution in [3.63, 3.8) is 0 Å². The number of aryl methyl sites for hydroxylation is 1. The van der Waals surface area contributed by atoms with Crippen molar-refractivity contribution < 1.29 is 33.2 Å². The fraction of sp³-hybridized carbons (Fsp3) is 0.500. The molecule has 58 heavy (non-hydrogen) atoms. The van der Waals surface area contributed by atoms with Crippen LogP contribution in [0.3, 0.4) is 0 Å². The van der Waals surface area contributed by atoms with E-state index in [9.17, 15) is 4.79 Å². The molecule has 1 spiro atoms. The summed E-state index contributed by atoms with van der Waals surface area (Å²) in [4.78, 5) is 18.4. The van der Waals surface area contributed by atoms with Gasteiger partial charge in [0, 0.05) is 34.6 Å². The Labute approximate surface area is 348 Å². The zero-order chi connectivity index (χ0) is 40.3. The van der Waals surface area contributed by atoms with E-state index >= 15 is 0 Å². The number of ether oxygens (including phenoxy) is 6. The largest absolute Gasteiger partial charge is 0.497 e. The first-order chi connectivity index (χ1) is 28.2. The average molecular weight is 809 g/mol. The van der Waals surface area contributed by atoms with Crippen LogP contribution in [0, 0.1) is 11.8 Å². The molecule has 4 aromatic rings. The van der Waals surface area contributed by atoms with Crippen LogP contribution in [0.25, 0.3) is 0 Å². The number of carbonyl (C=O) groups is 1. The molecule has 0 saturated heterocycles. The maximum atomic E-state index is 13.7. The van der Waals surface area contributed by atoms with E-state index in [1.54, 1.807) is 7.11 Å². The molecule has 0 amide bonds. The highest BCUT2D eigenvalue weighted by Crippen LogP contribution is 2.58. The topological polar surface area (TPSA) is 97.4 Å². The van der Waals surface area contributed by atoms with Crippen LogP contribution < -0.4 is 24.3 Å². The van der Waals surface area contributed by atoms with Gasteiger partial charge in [-0.05, 0) is 146 Å². The van der Waals surface area contributed by atoms with Gasteiger partial charge < -0.3 is 33.7 Å². The lowest BCUT2D eigenvalue weighted by molar-refractivity contribution is -0.148. The Morgan fingerprint density at radius 3 is 2.62 bits per heavy atom. The fourth-order valence-corrected chi connectivity index (χ4v) is 10.4. The number of rotatable bonds is 13. The Morgan fingerprint density at radius 2 is 1.84 bits per heavy atom. The van der Waals surface area contributed by atoms with Crippen molar-refractivity contribution in [1.29, 1.82) is 0 Å². The first-order valence-corrected chi connectivity index (χ1v) is 21.5. The predicted octanol–water partition coefficient (Wildman–Crippen LogP) is 10.0. The lowest BCUT2D eigenvalue weighted by Crippen LogP contribution is -2.53. The molecule has 1 fully saturated rings.